The van der Waals surface area contributed by atoms with Gasteiger partial charge >= 0.3 is 23.6 Å². The molecule has 176 valence electrons. The molecular formula is C22H26F6O2Si2. The molecule has 0 aliphatic heterocycles. The highest BCUT2D eigenvalue weighted by molar-refractivity contribution is 6.89. The van der Waals surface area contributed by atoms with E-state index in [1.807, 2.05) is 39.3 Å². The number of hydrogen-bond donors (Lipinski definition) is 0. The molecule has 0 saturated heterocycles. The van der Waals surface area contributed by atoms with Crippen molar-refractivity contribution in [2.24, 2.45) is 0 Å². The van der Waals surface area contributed by atoms with E-state index >= 15 is 8.78 Å². The second kappa shape index (κ2) is 7.28. The van der Waals surface area contributed by atoms with Crippen molar-refractivity contribution >= 4 is 26.5 Å². The largest absolute Gasteiger partial charge is 0.447 e. The number of hydrogen-bond acceptors (Lipinski definition) is 2. The monoisotopic (exact) mass is 492 g/mol. The summed E-state index contributed by atoms with van der Waals surface area (Å²) in [5.41, 5.74) is 0. The van der Waals surface area contributed by atoms with E-state index in [1.165, 1.54) is 24.3 Å². The summed E-state index contributed by atoms with van der Waals surface area (Å²) in [6, 6.07) is 10.7. The van der Waals surface area contributed by atoms with Crippen LogP contribution in [0.25, 0.3) is 0 Å². The number of alkyl halides is 6. The molecule has 2 nitrogen and oxygen atoms in total. The summed E-state index contributed by atoms with van der Waals surface area (Å²) >= 11 is 0. The molecule has 2 aromatic carbocycles. The molecule has 0 spiro atoms. The van der Waals surface area contributed by atoms with E-state index in [2.05, 4.69) is 9.47 Å². The summed E-state index contributed by atoms with van der Waals surface area (Å²) in [6.07, 6.45) is 0. The van der Waals surface area contributed by atoms with Crippen LogP contribution in [0.15, 0.2) is 48.5 Å². The van der Waals surface area contributed by atoms with Gasteiger partial charge in [0.1, 0.15) is 11.5 Å². The lowest BCUT2D eigenvalue weighted by molar-refractivity contribution is -0.527. The van der Waals surface area contributed by atoms with Crippen molar-refractivity contribution in [1.82, 2.24) is 0 Å². The fourth-order valence-electron chi connectivity index (χ4n) is 3.38. The average Bonchev–Trinajstić information content (AvgIpc) is 2.66. The van der Waals surface area contributed by atoms with E-state index in [-0.39, 0.29) is 0 Å². The van der Waals surface area contributed by atoms with Crippen LogP contribution in [-0.4, -0.2) is 39.7 Å². The molecule has 0 aromatic heterocycles. The van der Waals surface area contributed by atoms with Gasteiger partial charge in [-0.25, -0.2) is 0 Å². The van der Waals surface area contributed by atoms with Crippen molar-refractivity contribution in [2.45, 2.75) is 62.8 Å². The van der Waals surface area contributed by atoms with Crippen LogP contribution in [0.5, 0.6) is 11.5 Å². The van der Waals surface area contributed by atoms with Crippen LogP contribution in [0.4, 0.5) is 26.3 Å². The van der Waals surface area contributed by atoms with Gasteiger partial charge in [0.15, 0.2) is 0 Å². The van der Waals surface area contributed by atoms with Crippen molar-refractivity contribution in [3.63, 3.8) is 0 Å². The van der Waals surface area contributed by atoms with Gasteiger partial charge in [-0.05, 0) is 24.3 Å². The van der Waals surface area contributed by atoms with Crippen molar-refractivity contribution in [3.8, 4) is 11.5 Å². The lowest BCUT2D eigenvalue weighted by Gasteiger charge is -2.55. The Bertz CT molecular complexity index is 902. The first-order valence-electron chi connectivity index (χ1n) is 10.1. The summed E-state index contributed by atoms with van der Waals surface area (Å²) in [5, 5.41) is 1.79. The first-order valence-corrected chi connectivity index (χ1v) is 17.1. The van der Waals surface area contributed by atoms with Gasteiger partial charge in [0.25, 0.3) is 0 Å². The second-order valence-electron chi connectivity index (χ2n) is 10.1. The summed E-state index contributed by atoms with van der Waals surface area (Å²) in [5.74, 6) is -21.4. The third-order valence-corrected chi connectivity index (χ3v) is 9.70. The Hall–Kier alpha value is -1.95. The Labute approximate surface area is 185 Å². The van der Waals surface area contributed by atoms with Gasteiger partial charge in [-0.2, -0.15) is 26.3 Å². The first-order chi connectivity index (χ1) is 14.4. The molecule has 2 atom stereocenters. The number of halogens is 6. The zero-order valence-corrected chi connectivity index (χ0v) is 20.7. The molecular weight excluding hydrogens is 466 g/mol. The lowest BCUT2D eigenvalue weighted by atomic mass is 9.76. The SMILES string of the molecule is C[Si](C)(C)c1ccc(OC2(F)C(F)(F)C(F)(F)C2(F)Oc2ccc([Si](C)(C)C)cc2)cc1. The van der Waals surface area contributed by atoms with E-state index < -0.39 is 51.2 Å². The molecule has 1 aliphatic carbocycles. The normalized spacial score (nSPS) is 26.9. The number of benzene rings is 2. The van der Waals surface area contributed by atoms with E-state index in [0.29, 0.717) is 0 Å². The Kier molecular flexibility index (Phi) is 5.62. The van der Waals surface area contributed by atoms with Gasteiger partial charge in [-0.3, -0.25) is 0 Å². The zero-order valence-electron chi connectivity index (χ0n) is 18.7. The highest BCUT2D eigenvalue weighted by Crippen LogP contribution is 2.68. The topological polar surface area (TPSA) is 18.5 Å². The highest BCUT2D eigenvalue weighted by Gasteiger charge is 3.03. The summed E-state index contributed by atoms with van der Waals surface area (Å²) in [6.45, 7) is 12.1. The maximum Gasteiger partial charge on any atom is 0.395 e. The van der Waals surface area contributed by atoms with E-state index in [1.54, 1.807) is 0 Å². The zero-order chi connectivity index (χ0) is 24.4. The number of rotatable bonds is 6. The molecule has 0 heterocycles. The molecule has 2 unspecified atom stereocenters. The Balaban J connectivity index is 1.94. The van der Waals surface area contributed by atoms with E-state index in [0.717, 1.165) is 34.6 Å². The molecule has 10 heteroatoms. The molecule has 0 bridgehead atoms. The quantitative estimate of drug-likeness (QED) is 0.372. The molecule has 32 heavy (non-hydrogen) atoms. The van der Waals surface area contributed by atoms with Crippen LogP contribution in [0.1, 0.15) is 0 Å². The summed E-state index contributed by atoms with van der Waals surface area (Å²) in [4.78, 5) is 0. The number of ether oxygens (including phenoxy) is 2. The summed E-state index contributed by atoms with van der Waals surface area (Å²) in [7, 11) is -3.54. The Morgan fingerprint density at radius 1 is 0.500 bits per heavy atom. The van der Waals surface area contributed by atoms with E-state index in [4.69, 9.17) is 0 Å². The molecule has 0 amide bonds. The van der Waals surface area contributed by atoms with Crippen LogP contribution in [0.2, 0.25) is 39.3 Å². The molecule has 3 rings (SSSR count). The predicted octanol–water partition coefficient (Wildman–Crippen LogP) is 5.85. The Morgan fingerprint density at radius 2 is 0.750 bits per heavy atom. The maximum absolute atomic E-state index is 15.3. The third-order valence-electron chi connectivity index (χ3n) is 5.57. The van der Waals surface area contributed by atoms with Crippen molar-refractivity contribution in [2.75, 3.05) is 0 Å². The van der Waals surface area contributed by atoms with Crippen LogP contribution in [0.3, 0.4) is 0 Å². The van der Waals surface area contributed by atoms with Gasteiger partial charge in [-0.15, -0.1) is 0 Å². The van der Waals surface area contributed by atoms with Gasteiger partial charge in [0.2, 0.25) is 0 Å². The minimum Gasteiger partial charge on any atom is -0.447 e. The molecule has 2 aromatic rings. The molecule has 0 radical (unpaired) electrons. The predicted molar refractivity (Wildman–Crippen MR) is 118 cm³/mol. The van der Waals surface area contributed by atoms with Crippen LogP contribution in [0, 0.1) is 0 Å². The fraction of sp³-hybridized carbons (Fsp3) is 0.455. The smallest absolute Gasteiger partial charge is 0.395 e. The summed E-state index contributed by atoms with van der Waals surface area (Å²) < 4.78 is 96.3. The van der Waals surface area contributed by atoms with Gasteiger partial charge in [-0.1, -0.05) is 73.9 Å². The van der Waals surface area contributed by atoms with Crippen molar-refractivity contribution in [1.29, 1.82) is 0 Å². The molecule has 1 fully saturated rings. The fourth-order valence-corrected chi connectivity index (χ4v) is 5.71. The van der Waals surface area contributed by atoms with Crippen molar-refractivity contribution < 1.29 is 35.8 Å². The first kappa shape index (κ1) is 24.7. The van der Waals surface area contributed by atoms with E-state index in [9.17, 15) is 17.6 Å². The van der Waals surface area contributed by atoms with Crippen molar-refractivity contribution in [3.05, 3.63) is 48.5 Å². The third kappa shape index (κ3) is 3.55. The van der Waals surface area contributed by atoms with Crippen LogP contribution in [-0.2, 0) is 0 Å². The average molecular weight is 493 g/mol. The maximum atomic E-state index is 15.3. The highest BCUT2D eigenvalue weighted by atomic mass is 28.3. The molecule has 1 saturated carbocycles. The minimum atomic E-state index is -5.45. The van der Waals surface area contributed by atoms with Gasteiger partial charge < -0.3 is 9.47 Å². The lowest BCUT2D eigenvalue weighted by Crippen LogP contribution is -2.89. The van der Waals surface area contributed by atoms with Crippen LogP contribution < -0.4 is 19.8 Å². The van der Waals surface area contributed by atoms with Crippen LogP contribution >= 0.6 is 0 Å². The van der Waals surface area contributed by atoms with Gasteiger partial charge in [0.05, 0.1) is 16.1 Å². The molecule has 0 N–H and O–H groups in total. The molecule has 1 aliphatic rings. The standard InChI is InChI=1S/C22H26F6O2Si2/c1-31(2,3)17-11-7-15(8-12-17)29-21(27)19(23,24)20(25,26)22(21,28)30-16-9-13-18(14-10-16)32(4,5)6/h7-14H,1-6H3. The second-order valence-corrected chi connectivity index (χ2v) is 20.2. The minimum absolute atomic E-state index is 0.510. The van der Waals surface area contributed by atoms with Gasteiger partial charge in [0, 0.05) is 0 Å². The Morgan fingerprint density at radius 3 is 0.969 bits per heavy atom.